The van der Waals surface area contributed by atoms with Crippen LogP contribution in [-0.2, 0) is 9.53 Å². The molecule has 1 atom stereocenters. The number of ether oxygens (including phenoxy) is 2. The summed E-state index contributed by atoms with van der Waals surface area (Å²) in [5.74, 6) is 1.17. The number of carbonyl (C=O) groups is 2. The number of aromatic amines is 1. The van der Waals surface area contributed by atoms with Gasteiger partial charge in [-0.1, -0.05) is 12.1 Å². The van der Waals surface area contributed by atoms with Gasteiger partial charge in [0.2, 0.25) is 0 Å². The number of esters is 1. The molecule has 9 nitrogen and oxygen atoms in total. The van der Waals surface area contributed by atoms with Crippen molar-refractivity contribution in [3.63, 3.8) is 0 Å². The van der Waals surface area contributed by atoms with Crippen LogP contribution in [0.15, 0.2) is 53.1 Å². The quantitative estimate of drug-likeness (QED) is 0.420. The summed E-state index contributed by atoms with van der Waals surface area (Å²) in [6.45, 7) is 3.47. The summed E-state index contributed by atoms with van der Waals surface area (Å²) in [4.78, 5) is 32.9. The highest BCUT2D eigenvalue weighted by Crippen LogP contribution is 2.24. The van der Waals surface area contributed by atoms with Crippen LogP contribution in [0.5, 0.6) is 5.75 Å². The number of rotatable bonds is 7. The number of carbonyl (C=O) groups excluding carboxylic acids is 2. The highest BCUT2D eigenvalue weighted by atomic mass is 16.5. The van der Waals surface area contributed by atoms with Gasteiger partial charge >= 0.3 is 5.97 Å². The molecule has 0 aliphatic heterocycles. The Bertz CT molecular complexity index is 1260. The van der Waals surface area contributed by atoms with Crippen LogP contribution < -0.4 is 10.1 Å². The van der Waals surface area contributed by atoms with Crippen molar-refractivity contribution in [3.8, 4) is 17.1 Å². The van der Waals surface area contributed by atoms with Crippen LogP contribution in [-0.4, -0.2) is 40.2 Å². The molecule has 1 amide bonds. The van der Waals surface area contributed by atoms with Gasteiger partial charge in [-0.25, -0.2) is 9.78 Å². The number of amides is 1. The van der Waals surface area contributed by atoms with Gasteiger partial charge in [0.25, 0.3) is 5.91 Å². The molecule has 2 aromatic carbocycles. The summed E-state index contributed by atoms with van der Waals surface area (Å²) in [5.41, 5.74) is 2.59. The number of nitrogens with zero attached hydrogens (tertiary/aromatic N) is 2. The van der Waals surface area contributed by atoms with E-state index < -0.39 is 18.0 Å². The number of nitrogens with one attached hydrogen (secondary N) is 2. The predicted molar refractivity (Wildman–Crippen MR) is 117 cm³/mol. The van der Waals surface area contributed by atoms with E-state index in [2.05, 4.69) is 20.4 Å². The highest BCUT2D eigenvalue weighted by Gasteiger charge is 2.23. The molecule has 4 aromatic rings. The summed E-state index contributed by atoms with van der Waals surface area (Å²) in [5, 5.41) is 6.30. The fourth-order valence-corrected chi connectivity index (χ4v) is 3.17. The van der Waals surface area contributed by atoms with Gasteiger partial charge in [-0.15, -0.1) is 0 Å². The van der Waals surface area contributed by atoms with Crippen molar-refractivity contribution >= 4 is 28.7 Å². The number of imidazole rings is 1. The molecule has 1 unspecified atom stereocenters. The second kappa shape index (κ2) is 8.93. The summed E-state index contributed by atoms with van der Waals surface area (Å²) < 4.78 is 15.5. The Morgan fingerprint density at radius 3 is 2.59 bits per heavy atom. The molecule has 0 saturated heterocycles. The molecule has 9 heteroatoms. The first kappa shape index (κ1) is 21.1. The van der Waals surface area contributed by atoms with E-state index in [0.717, 1.165) is 11.3 Å². The van der Waals surface area contributed by atoms with Crippen LogP contribution in [0, 0.1) is 6.92 Å². The van der Waals surface area contributed by atoms with E-state index in [1.807, 2.05) is 24.3 Å². The molecule has 0 bridgehead atoms. The van der Waals surface area contributed by atoms with Crippen LogP contribution in [0.4, 0.5) is 5.82 Å². The maximum absolute atomic E-state index is 12.7. The van der Waals surface area contributed by atoms with Gasteiger partial charge in [0.1, 0.15) is 17.3 Å². The van der Waals surface area contributed by atoms with Gasteiger partial charge in [-0.2, -0.15) is 0 Å². The van der Waals surface area contributed by atoms with Crippen molar-refractivity contribution < 1.29 is 23.6 Å². The number of fused-ring (bicyclic) bond motifs is 1. The number of benzene rings is 2. The lowest BCUT2D eigenvalue weighted by Gasteiger charge is -2.15. The monoisotopic (exact) mass is 434 g/mol. The van der Waals surface area contributed by atoms with E-state index in [4.69, 9.17) is 14.0 Å². The third kappa shape index (κ3) is 4.46. The lowest BCUT2D eigenvalue weighted by atomic mass is 10.2. The van der Waals surface area contributed by atoms with Gasteiger partial charge in [0.05, 0.1) is 23.7 Å². The topological polar surface area (TPSA) is 119 Å². The van der Waals surface area contributed by atoms with Gasteiger partial charge in [0, 0.05) is 11.6 Å². The van der Waals surface area contributed by atoms with Gasteiger partial charge in [-0.05, 0) is 55.8 Å². The number of methoxy groups -OCH3 is 1. The van der Waals surface area contributed by atoms with Gasteiger partial charge in [-0.3, -0.25) is 4.79 Å². The molecule has 2 N–H and O–H groups in total. The standard InChI is InChI=1S/C23H22N4O5/c1-4-19(22(28)26-20-11-13(2)32-27-20)31-23(29)15-7-10-17-18(12-15)25-21(24-17)14-5-8-16(30-3)9-6-14/h5-12,19H,4H2,1-3H3,(H,24,25)(H,26,27,28). The Balaban J connectivity index is 1.49. The van der Waals surface area contributed by atoms with E-state index in [1.165, 1.54) is 0 Å². The van der Waals surface area contributed by atoms with E-state index in [0.29, 0.717) is 34.6 Å². The first-order valence-electron chi connectivity index (χ1n) is 10.1. The minimum atomic E-state index is -0.966. The molecule has 0 aliphatic rings. The number of anilines is 1. The van der Waals surface area contributed by atoms with Crippen molar-refractivity contribution in [2.24, 2.45) is 0 Å². The third-order valence-corrected chi connectivity index (χ3v) is 4.87. The number of hydrogen-bond donors (Lipinski definition) is 2. The molecule has 0 radical (unpaired) electrons. The second-order valence-corrected chi connectivity index (χ2v) is 7.16. The minimum Gasteiger partial charge on any atom is -0.497 e. The van der Waals surface area contributed by atoms with Crippen LogP contribution in [0.2, 0.25) is 0 Å². The van der Waals surface area contributed by atoms with E-state index >= 15 is 0 Å². The third-order valence-electron chi connectivity index (χ3n) is 4.87. The zero-order valence-electron chi connectivity index (χ0n) is 17.8. The summed E-state index contributed by atoms with van der Waals surface area (Å²) in [7, 11) is 1.61. The van der Waals surface area contributed by atoms with Gasteiger partial charge in [0.15, 0.2) is 11.9 Å². The molecule has 0 aliphatic carbocycles. The van der Waals surface area contributed by atoms with Crippen LogP contribution in [0.3, 0.4) is 0 Å². The lowest BCUT2D eigenvalue weighted by Crippen LogP contribution is -2.32. The summed E-state index contributed by atoms with van der Waals surface area (Å²) in [6.07, 6.45) is -0.658. The molecule has 4 rings (SSSR count). The summed E-state index contributed by atoms with van der Waals surface area (Å²) >= 11 is 0. The number of aromatic nitrogens is 3. The number of H-pyrrole nitrogens is 1. The zero-order chi connectivity index (χ0) is 22.7. The first-order valence-corrected chi connectivity index (χ1v) is 10.1. The average molecular weight is 434 g/mol. The second-order valence-electron chi connectivity index (χ2n) is 7.16. The van der Waals surface area contributed by atoms with E-state index in [9.17, 15) is 9.59 Å². The first-order chi connectivity index (χ1) is 15.5. The average Bonchev–Trinajstić information content (AvgIpc) is 3.42. The molecule has 164 valence electrons. The van der Waals surface area contributed by atoms with E-state index in [-0.39, 0.29) is 5.82 Å². The van der Waals surface area contributed by atoms with E-state index in [1.54, 1.807) is 45.2 Å². The zero-order valence-corrected chi connectivity index (χ0v) is 17.8. The normalized spacial score (nSPS) is 11.8. The molecule has 2 heterocycles. The highest BCUT2D eigenvalue weighted by molar-refractivity contribution is 5.98. The molecular weight excluding hydrogens is 412 g/mol. The van der Waals surface area contributed by atoms with Gasteiger partial charge < -0.3 is 24.3 Å². The molecule has 32 heavy (non-hydrogen) atoms. The van der Waals surface area contributed by atoms with Crippen molar-refractivity contribution in [2.45, 2.75) is 26.4 Å². The lowest BCUT2D eigenvalue weighted by molar-refractivity contribution is -0.124. The maximum Gasteiger partial charge on any atom is 0.338 e. The molecule has 0 fully saturated rings. The molecular formula is C23H22N4O5. The van der Waals surface area contributed by atoms with Crippen molar-refractivity contribution in [2.75, 3.05) is 12.4 Å². The molecule has 0 spiro atoms. The van der Waals surface area contributed by atoms with Crippen LogP contribution in [0.25, 0.3) is 22.4 Å². The van der Waals surface area contributed by atoms with Crippen molar-refractivity contribution in [3.05, 3.63) is 59.9 Å². The fourth-order valence-electron chi connectivity index (χ4n) is 3.17. The maximum atomic E-state index is 12.7. The fraction of sp³-hybridized carbons (Fsp3) is 0.217. The Kier molecular flexibility index (Phi) is 5.89. The smallest absolute Gasteiger partial charge is 0.338 e. The Morgan fingerprint density at radius 1 is 1.16 bits per heavy atom. The largest absolute Gasteiger partial charge is 0.497 e. The summed E-state index contributed by atoms with van der Waals surface area (Å²) in [6, 6.07) is 14.1. The molecule has 0 saturated carbocycles. The Labute approximate surface area is 183 Å². The van der Waals surface area contributed by atoms with Crippen LogP contribution in [0.1, 0.15) is 29.5 Å². The number of aryl methyl sites for hydroxylation is 1. The van der Waals surface area contributed by atoms with Crippen molar-refractivity contribution in [1.82, 2.24) is 15.1 Å². The minimum absolute atomic E-state index is 0.270. The number of hydrogen-bond acceptors (Lipinski definition) is 7. The Morgan fingerprint density at radius 2 is 1.94 bits per heavy atom. The SMILES string of the molecule is CCC(OC(=O)c1ccc2nc(-c3ccc(OC)cc3)[nH]c2c1)C(=O)Nc1cc(C)on1. The molecule has 2 aromatic heterocycles. The Hall–Kier alpha value is -4.14. The predicted octanol–water partition coefficient (Wildman–Crippen LogP) is 4.11. The van der Waals surface area contributed by atoms with Crippen LogP contribution >= 0.6 is 0 Å². The van der Waals surface area contributed by atoms with Crippen molar-refractivity contribution in [1.29, 1.82) is 0 Å².